The molecule has 5 nitrogen and oxygen atoms in total. The van der Waals surface area contributed by atoms with Crippen molar-refractivity contribution in [3.63, 3.8) is 0 Å². The van der Waals surface area contributed by atoms with Crippen LogP contribution in [0.2, 0.25) is 0 Å². The predicted molar refractivity (Wildman–Crippen MR) is 71.6 cm³/mol. The van der Waals surface area contributed by atoms with E-state index < -0.39 is 0 Å². The van der Waals surface area contributed by atoms with Gasteiger partial charge in [0.15, 0.2) is 0 Å². The fourth-order valence-electron chi connectivity index (χ4n) is 3.32. The summed E-state index contributed by atoms with van der Waals surface area (Å²) in [4.78, 5) is 28.8. The van der Waals surface area contributed by atoms with Crippen LogP contribution in [0.4, 0.5) is 0 Å². The van der Waals surface area contributed by atoms with Gasteiger partial charge in [0, 0.05) is 13.7 Å². The number of fused-ring (bicyclic) bond motifs is 1. The maximum atomic E-state index is 12.7. The Kier molecular flexibility index (Phi) is 4.45. The standard InChI is InChI=1S/C14H24N2O3/c1-4-10(9-19-3)16-11(5-2)13(17)15-8-6-7-12(15)14(16)18/h10-12H,4-9H2,1-3H3. The number of carbonyl (C=O) groups is 2. The maximum Gasteiger partial charge on any atom is 0.246 e. The molecule has 108 valence electrons. The minimum absolute atomic E-state index is 0.00847. The fourth-order valence-corrected chi connectivity index (χ4v) is 3.32. The summed E-state index contributed by atoms with van der Waals surface area (Å²) in [6.07, 6.45) is 3.23. The summed E-state index contributed by atoms with van der Waals surface area (Å²) in [6, 6.07) is -0.516. The Hall–Kier alpha value is -1.10. The number of rotatable bonds is 5. The summed E-state index contributed by atoms with van der Waals surface area (Å²) in [5.41, 5.74) is 0. The van der Waals surface area contributed by atoms with Gasteiger partial charge in [-0.1, -0.05) is 13.8 Å². The molecule has 0 aromatic rings. The van der Waals surface area contributed by atoms with E-state index >= 15 is 0 Å². The number of ether oxygens (including phenoxy) is 1. The van der Waals surface area contributed by atoms with E-state index in [1.807, 2.05) is 13.8 Å². The number of methoxy groups -OCH3 is 1. The predicted octanol–water partition coefficient (Wildman–Crippen LogP) is 1.02. The third-order valence-corrected chi connectivity index (χ3v) is 4.31. The number of hydrogen-bond donors (Lipinski definition) is 0. The third-order valence-electron chi connectivity index (χ3n) is 4.31. The molecule has 0 aromatic carbocycles. The lowest BCUT2D eigenvalue weighted by atomic mass is 9.99. The molecular weight excluding hydrogens is 244 g/mol. The lowest BCUT2D eigenvalue weighted by Gasteiger charge is -2.45. The van der Waals surface area contributed by atoms with Crippen LogP contribution in [0, 0.1) is 0 Å². The first kappa shape index (κ1) is 14.3. The van der Waals surface area contributed by atoms with Crippen LogP contribution >= 0.6 is 0 Å². The van der Waals surface area contributed by atoms with E-state index in [-0.39, 0.29) is 29.9 Å². The Balaban J connectivity index is 2.27. The minimum atomic E-state index is -0.304. The summed E-state index contributed by atoms with van der Waals surface area (Å²) in [5.74, 6) is 0.243. The number of piperazine rings is 1. The Morgan fingerprint density at radius 2 is 2.05 bits per heavy atom. The molecular formula is C14H24N2O3. The van der Waals surface area contributed by atoms with Crippen molar-refractivity contribution in [2.45, 2.75) is 57.7 Å². The lowest BCUT2D eigenvalue weighted by Crippen LogP contribution is -2.65. The van der Waals surface area contributed by atoms with Crippen molar-refractivity contribution in [3.05, 3.63) is 0 Å². The van der Waals surface area contributed by atoms with Crippen molar-refractivity contribution in [1.82, 2.24) is 9.80 Å². The van der Waals surface area contributed by atoms with Crippen molar-refractivity contribution >= 4 is 11.8 Å². The Morgan fingerprint density at radius 1 is 1.32 bits per heavy atom. The second-order valence-electron chi connectivity index (χ2n) is 5.38. The highest BCUT2D eigenvalue weighted by molar-refractivity contribution is 5.97. The smallest absolute Gasteiger partial charge is 0.246 e. The highest BCUT2D eigenvalue weighted by Gasteiger charge is 2.48. The van der Waals surface area contributed by atoms with Gasteiger partial charge in [-0.3, -0.25) is 9.59 Å². The summed E-state index contributed by atoms with van der Waals surface area (Å²) in [6.45, 7) is 5.24. The molecule has 0 aliphatic carbocycles. The van der Waals surface area contributed by atoms with E-state index in [1.165, 1.54) is 0 Å². The van der Waals surface area contributed by atoms with Crippen molar-refractivity contribution in [3.8, 4) is 0 Å². The topological polar surface area (TPSA) is 49.9 Å². The zero-order valence-corrected chi connectivity index (χ0v) is 12.1. The van der Waals surface area contributed by atoms with Gasteiger partial charge in [0.1, 0.15) is 12.1 Å². The number of hydrogen-bond acceptors (Lipinski definition) is 3. The first-order valence-electron chi connectivity index (χ1n) is 7.27. The quantitative estimate of drug-likeness (QED) is 0.748. The average Bonchev–Trinajstić information content (AvgIpc) is 2.90. The molecule has 0 N–H and O–H groups in total. The van der Waals surface area contributed by atoms with E-state index in [2.05, 4.69) is 0 Å². The monoisotopic (exact) mass is 268 g/mol. The van der Waals surface area contributed by atoms with Crippen LogP contribution in [-0.4, -0.2) is 60.0 Å². The van der Waals surface area contributed by atoms with Crippen molar-refractivity contribution in [1.29, 1.82) is 0 Å². The zero-order valence-electron chi connectivity index (χ0n) is 12.1. The minimum Gasteiger partial charge on any atom is -0.383 e. The molecule has 19 heavy (non-hydrogen) atoms. The van der Waals surface area contributed by atoms with Gasteiger partial charge in [-0.25, -0.2) is 0 Å². The molecule has 0 spiro atoms. The SMILES string of the molecule is CCC(COC)N1C(=O)C2CCCN2C(=O)C1CC. The van der Waals surface area contributed by atoms with E-state index in [4.69, 9.17) is 4.74 Å². The molecule has 3 unspecified atom stereocenters. The molecule has 0 saturated carbocycles. The molecule has 0 radical (unpaired) electrons. The summed E-state index contributed by atoms with van der Waals surface area (Å²) >= 11 is 0. The fraction of sp³-hybridized carbons (Fsp3) is 0.857. The molecule has 2 rings (SSSR count). The molecule has 2 amide bonds. The first-order valence-corrected chi connectivity index (χ1v) is 7.27. The second-order valence-corrected chi connectivity index (χ2v) is 5.38. The van der Waals surface area contributed by atoms with Crippen LogP contribution in [0.5, 0.6) is 0 Å². The van der Waals surface area contributed by atoms with Crippen molar-refractivity contribution in [2.75, 3.05) is 20.3 Å². The van der Waals surface area contributed by atoms with Crippen LogP contribution in [0.25, 0.3) is 0 Å². The summed E-state index contributed by atoms with van der Waals surface area (Å²) < 4.78 is 5.22. The van der Waals surface area contributed by atoms with Gasteiger partial charge in [0.05, 0.1) is 12.6 Å². The number of carbonyl (C=O) groups excluding carboxylic acids is 2. The molecule has 0 aromatic heterocycles. The summed E-state index contributed by atoms with van der Waals surface area (Å²) in [7, 11) is 1.64. The Morgan fingerprint density at radius 3 is 2.63 bits per heavy atom. The van der Waals surface area contributed by atoms with Gasteiger partial charge >= 0.3 is 0 Å². The highest BCUT2D eigenvalue weighted by Crippen LogP contribution is 2.30. The third kappa shape index (κ3) is 2.36. The van der Waals surface area contributed by atoms with Gasteiger partial charge < -0.3 is 14.5 Å². The summed E-state index contributed by atoms with van der Waals surface area (Å²) in [5, 5.41) is 0. The molecule has 3 atom stereocenters. The van der Waals surface area contributed by atoms with Gasteiger partial charge in [-0.15, -0.1) is 0 Å². The van der Waals surface area contributed by atoms with Crippen LogP contribution in [-0.2, 0) is 14.3 Å². The highest BCUT2D eigenvalue weighted by atomic mass is 16.5. The van der Waals surface area contributed by atoms with Crippen molar-refractivity contribution < 1.29 is 14.3 Å². The normalized spacial score (nSPS) is 28.8. The molecule has 2 saturated heterocycles. The molecule has 2 aliphatic rings. The van der Waals surface area contributed by atoms with Crippen LogP contribution in [0.3, 0.4) is 0 Å². The van der Waals surface area contributed by atoms with Crippen molar-refractivity contribution in [2.24, 2.45) is 0 Å². The Bertz CT molecular complexity index is 359. The lowest BCUT2D eigenvalue weighted by molar-refractivity contribution is -0.163. The largest absolute Gasteiger partial charge is 0.383 e. The molecule has 2 aliphatic heterocycles. The van der Waals surface area contributed by atoms with Gasteiger partial charge in [-0.05, 0) is 25.7 Å². The van der Waals surface area contributed by atoms with Crippen LogP contribution in [0.1, 0.15) is 39.5 Å². The number of nitrogens with zero attached hydrogens (tertiary/aromatic N) is 2. The Labute approximate surface area is 114 Å². The van der Waals surface area contributed by atoms with E-state index in [9.17, 15) is 9.59 Å². The maximum absolute atomic E-state index is 12.7. The van der Waals surface area contributed by atoms with Gasteiger partial charge in [0.2, 0.25) is 11.8 Å². The van der Waals surface area contributed by atoms with Crippen LogP contribution < -0.4 is 0 Å². The molecule has 2 fully saturated rings. The average molecular weight is 268 g/mol. The zero-order chi connectivity index (χ0) is 14.0. The van der Waals surface area contributed by atoms with E-state index in [1.54, 1.807) is 16.9 Å². The van der Waals surface area contributed by atoms with E-state index in [0.717, 1.165) is 25.8 Å². The van der Waals surface area contributed by atoms with Gasteiger partial charge in [0.25, 0.3) is 0 Å². The van der Waals surface area contributed by atoms with Crippen LogP contribution in [0.15, 0.2) is 0 Å². The molecule has 2 heterocycles. The first-order chi connectivity index (χ1) is 9.15. The molecule has 5 heteroatoms. The van der Waals surface area contributed by atoms with Gasteiger partial charge in [-0.2, -0.15) is 0 Å². The second kappa shape index (κ2) is 5.90. The van der Waals surface area contributed by atoms with E-state index in [0.29, 0.717) is 13.0 Å². The molecule has 0 bridgehead atoms. The number of amides is 2.